The van der Waals surface area contributed by atoms with Crippen molar-refractivity contribution in [2.45, 2.75) is 12.5 Å². The van der Waals surface area contributed by atoms with Gasteiger partial charge in [-0.2, -0.15) is 0 Å². The van der Waals surface area contributed by atoms with E-state index in [2.05, 4.69) is 13.2 Å². The number of rotatable bonds is 7. The lowest BCUT2D eigenvalue weighted by Crippen LogP contribution is -2.45. The van der Waals surface area contributed by atoms with Gasteiger partial charge in [-0.15, -0.1) is 13.2 Å². The van der Waals surface area contributed by atoms with E-state index >= 15 is 0 Å². The van der Waals surface area contributed by atoms with E-state index in [0.29, 0.717) is 6.42 Å². The van der Waals surface area contributed by atoms with E-state index in [4.69, 9.17) is 10.8 Å². The molecule has 0 rings (SSSR count). The van der Waals surface area contributed by atoms with Crippen molar-refractivity contribution in [2.24, 2.45) is 5.73 Å². The first-order valence-electron chi connectivity index (χ1n) is 4.50. The average molecular weight is 212 g/mol. The van der Waals surface area contributed by atoms with Gasteiger partial charge in [0, 0.05) is 6.54 Å². The van der Waals surface area contributed by atoms with Gasteiger partial charge in [-0.1, -0.05) is 12.2 Å². The number of aliphatic carboxylic acids is 1. The second-order valence-corrected chi connectivity index (χ2v) is 3.03. The Morgan fingerprint density at radius 2 is 2.00 bits per heavy atom. The lowest BCUT2D eigenvalue weighted by atomic mass is 10.2. The molecule has 1 unspecified atom stereocenters. The van der Waals surface area contributed by atoms with Crippen LogP contribution in [0.5, 0.6) is 0 Å². The third-order valence-corrected chi connectivity index (χ3v) is 1.73. The largest absolute Gasteiger partial charge is 0.480 e. The Morgan fingerprint density at radius 3 is 2.40 bits per heavy atom. The molecular formula is C10H16N2O3. The van der Waals surface area contributed by atoms with Crippen LogP contribution in [0.25, 0.3) is 0 Å². The van der Waals surface area contributed by atoms with Gasteiger partial charge in [0.05, 0.1) is 6.04 Å². The van der Waals surface area contributed by atoms with Crippen LogP contribution in [0, 0.1) is 0 Å². The van der Waals surface area contributed by atoms with Crippen LogP contribution in [-0.2, 0) is 9.59 Å². The molecule has 0 aliphatic rings. The maximum Gasteiger partial charge on any atom is 0.323 e. The van der Waals surface area contributed by atoms with Crippen LogP contribution in [0.2, 0.25) is 0 Å². The zero-order chi connectivity index (χ0) is 11.8. The molecule has 0 aliphatic carbocycles. The third-order valence-electron chi connectivity index (χ3n) is 1.73. The first kappa shape index (κ1) is 13.4. The van der Waals surface area contributed by atoms with Gasteiger partial charge in [-0.05, 0) is 6.42 Å². The zero-order valence-corrected chi connectivity index (χ0v) is 8.56. The molecule has 0 spiro atoms. The smallest absolute Gasteiger partial charge is 0.323 e. The highest BCUT2D eigenvalue weighted by Crippen LogP contribution is 1.98. The quantitative estimate of drug-likeness (QED) is 0.581. The second-order valence-electron chi connectivity index (χ2n) is 3.03. The van der Waals surface area contributed by atoms with Gasteiger partial charge in [0.1, 0.15) is 6.54 Å². The number of carbonyl (C=O) groups excluding carboxylic acids is 1. The standard InChI is InChI=1S/C10H16N2O3/c1-3-5-8(11)10(15)12(6-4-2)7-9(13)14/h3-4,8H,1-2,5-7,11H2,(H,13,14). The van der Waals surface area contributed by atoms with E-state index in [0.717, 1.165) is 4.90 Å². The molecule has 0 aliphatic heterocycles. The topological polar surface area (TPSA) is 83.6 Å². The molecule has 5 nitrogen and oxygen atoms in total. The summed E-state index contributed by atoms with van der Waals surface area (Å²) in [6, 6.07) is -0.734. The SMILES string of the molecule is C=CCC(N)C(=O)N(CC=C)CC(=O)O. The number of hydrogen-bond donors (Lipinski definition) is 2. The second kappa shape index (κ2) is 6.78. The summed E-state index contributed by atoms with van der Waals surface area (Å²) < 4.78 is 0. The molecule has 84 valence electrons. The normalized spacial score (nSPS) is 11.5. The fourth-order valence-corrected chi connectivity index (χ4v) is 1.07. The molecule has 0 saturated carbocycles. The molecule has 0 aromatic heterocycles. The van der Waals surface area contributed by atoms with Gasteiger partial charge >= 0.3 is 5.97 Å². The van der Waals surface area contributed by atoms with E-state index in [1.165, 1.54) is 12.2 Å². The highest BCUT2D eigenvalue weighted by atomic mass is 16.4. The van der Waals surface area contributed by atoms with Gasteiger partial charge in [0.2, 0.25) is 5.91 Å². The summed E-state index contributed by atoms with van der Waals surface area (Å²) in [6.45, 7) is 6.72. The van der Waals surface area contributed by atoms with Crippen LogP contribution in [0.4, 0.5) is 0 Å². The van der Waals surface area contributed by atoms with Crippen LogP contribution >= 0.6 is 0 Å². The Kier molecular flexibility index (Phi) is 6.05. The fraction of sp³-hybridized carbons (Fsp3) is 0.400. The summed E-state index contributed by atoms with van der Waals surface area (Å²) in [5.74, 6) is -1.48. The van der Waals surface area contributed by atoms with Gasteiger partial charge in [-0.25, -0.2) is 0 Å². The van der Waals surface area contributed by atoms with Crippen molar-refractivity contribution in [2.75, 3.05) is 13.1 Å². The molecule has 1 atom stereocenters. The van der Waals surface area contributed by atoms with Crippen LogP contribution in [0.1, 0.15) is 6.42 Å². The Hall–Kier alpha value is -1.62. The Labute approximate surface area is 88.9 Å². The summed E-state index contributed by atoms with van der Waals surface area (Å²) in [6.07, 6.45) is 3.31. The van der Waals surface area contributed by atoms with Gasteiger partial charge in [-0.3, -0.25) is 9.59 Å². The molecule has 0 aromatic rings. The van der Waals surface area contributed by atoms with Crippen molar-refractivity contribution < 1.29 is 14.7 Å². The predicted octanol–water partition coefficient (Wildman–Crippen LogP) is -0.0110. The van der Waals surface area contributed by atoms with Crippen molar-refractivity contribution in [1.82, 2.24) is 4.90 Å². The molecule has 0 aromatic carbocycles. The minimum atomic E-state index is -1.07. The summed E-state index contributed by atoms with van der Waals surface area (Å²) >= 11 is 0. The first-order chi connectivity index (χ1) is 7.02. The summed E-state index contributed by atoms with van der Waals surface area (Å²) in [7, 11) is 0. The van der Waals surface area contributed by atoms with Crippen molar-refractivity contribution >= 4 is 11.9 Å². The van der Waals surface area contributed by atoms with E-state index in [-0.39, 0.29) is 13.1 Å². The fourth-order valence-electron chi connectivity index (χ4n) is 1.07. The van der Waals surface area contributed by atoms with Gasteiger partial charge < -0.3 is 15.7 Å². The summed E-state index contributed by atoms with van der Waals surface area (Å²) in [4.78, 5) is 23.2. The molecule has 15 heavy (non-hydrogen) atoms. The number of carboxylic acids is 1. The van der Waals surface area contributed by atoms with E-state index in [9.17, 15) is 9.59 Å². The van der Waals surface area contributed by atoms with Gasteiger partial charge in [0.25, 0.3) is 0 Å². The number of carboxylic acid groups (broad SMARTS) is 1. The molecule has 1 amide bonds. The van der Waals surface area contributed by atoms with Crippen molar-refractivity contribution in [3.63, 3.8) is 0 Å². The minimum Gasteiger partial charge on any atom is -0.480 e. The first-order valence-corrected chi connectivity index (χ1v) is 4.50. The van der Waals surface area contributed by atoms with E-state index < -0.39 is 17.9 Å². The Balaban J connectivity index is 4.45. The third kappa shape index (κ3) is 4.97. The molecule has 5 heteroatoms. The molecule has 0 bridgehead atoms. The van der Waals surface area contributed by atoms with Crippen LogP contribution in [0.3, 0.4) is 0 Å². The molecule has 0 fully saturated rings. The molecule has 0 saturated heterocycles. The molecule has 0 radical (unpaired) electrons. The lowest BCUT2D eigenvalue weighted by Gasteiger charge is -2.21. The number of nitrogens with zero attached hydrogens (tertiary/aromatic N) is 1. The van der Waals surface area contributed by atoms with E-state index in [1.807, 2.05) is 0 Å². The lowest BCUT2D eigenvalue weighted by molar-refractivity contribution is -0.144. The number of hydrogen-bond acceptors (Lipinski definition) is 3. The maximum atomic E-state index is 11.6. The molecule has 0 heterocycles. The maximum absolute atomic E-state index is 11.6. The van der Waals surface area contributed by atoms with Crippen molar-refractivity contribution in [3.05, 3.63) is 25.3 Å². The predicted molar refractivity (Wildman–Crippen MR) is 57.2 cm³/mol. The van der Waals surface area contributed by atoms with E-state index in [1.54, 1.807) is 0 Å². The van der Waals surface area contributed by atoms with Gasteiger partial charge in [0.15, 0.2) is 0 Å². The number of nitrogens with two attached hydrogens (primary N) is 1. The zero-order valence-electron chi connectivity index (χ0n) is 8.56. The Morgan fingerprint density at radius 1 is 1.40 bits per heavy atom. The number of carbonyl (C=O) groups is 2. The Bertz CT molecular complexity index is 263. The molecule has 3 N–H and O–H groups in total. The van der Waals surface area contributed by atoms with Crippen LogP contribution < -0.4 is 5.73 Å². The minimum absolute atomic E-state index is 0.177. The van der Waals surface area contributed by atoms with Crippen molar-refractivity contribution in [1.29, 1.82) is 0 Å². The van der Waals surface area contributed by atoms with Crippen LogP contribution in [0.15, 0.2) is 25.3 Å². The monoisotopic (exact) mass is 212 g/mol. The average Bonchev–Trinajstić information content (AvgIpc) is 2.16. The summed E-state index contributed by atoms with van der Waals surface area (Å²) in [5, 5.41) is 8.58. The van der Waals surface area contributed by atoms with Crippen molar-refractivity contribution in [3.8, 4) is 0 Å². The highest BCUT2D eigenvalue weighted by molar-refractivity contribution is 5.85. The van der Waals surface area contributed by atoms with Crippen LogP contribution in [-0.4, -0.2) is 41.0 Å². The summed E-state index contributed by atoms with van der Waals surface area (Å²) in [5.41, 5.74) is 5.54. The highest BCUT2D eigenvalue weighted by Gasteiger charge is 2.20. The number of amides is 1. The molecular weight excluding hydrogens is 196 g/mol.